The predicted octanol–water partition coefficient (Wildman–Crippen LogP) is 1.45. The quantitative estimate of drug-likeness (QED) is 0.845. The number of aromatic nitrogens is 2. The fourth-order valence-corrected chi connectivity index (χ4v) is 1.76. The van der Waals surface area contributed by atoms with Gasteiger partial charge in [0.15, 0.2) is 0 Å². The molecule has 1 heterocycles. The number of methoxy groups -OCH3 is 1. The minimum absolute atomic E-state index is 0.595. The van der Waals surface area contributed by atoms with Gasteiger partial charge >= 0.3 is 0 Å². The van der Waals surface area contributed by atoms with E-state index in [0.29, 0.717) is 6.54 Å². The summed E-state index contributed by atoms with van der Waals surface area (Å²) in [6, 6.07) is 5.82. The molecule has 0 atom stereocenters. The van der Waals surface area contributed by atoms with Gasteiger partial charge in [-0.1, -0.05) is 0 Å². The molecule has 16 heavy (non-hydrogen) atoms. The van der Waals surface area contributed by atoms with Gasteiger partial charge in [-0.15, -0.1) is 0 Å². The van der Waals surface area contributed by atoms with Crippen LogP contribution in [0.5, 0.6) is 5.75 Å². The van der Waals surface area contributed by atoms with Crippen molar-refractivity contribution in [2.75, 3.05) is 13.7 Å². The van der Waals surface area contributed by atoms with Crippen LogP contribution >= 0.6 is 0 Å². The summed E-state index contributed by atoms with van der Waals surface area (Å²) in [5.41, 5.74) is 7.49. The molecule has 0 fully saturated rings. The number of rotatable bonds is 3. The average Bonchev–Trinajstić information content (AvgIpc) is 2.28. The Morgan fingerprint density at radius 1 is 1.31 bits per heavy atom. The van der Waals surface area contributed by atoms with Crippen LogP contribution in [-0.4, -0.2) is 23.6 Å². The molecule has 4 nitrogen and oxygen atoms in total. The van der Waals surface area contributed by atoms with Gasteiger partial charge in [0.1, 0.15) is 11.6 Å². The van der Waals surface area contributed by atoms with E-state index in [4.69, 9.17) is 10.5 Å². The third kappa shape index (κ3) is 1.97. The summed E-state index contributed by atoms with van der Waals surface area (Å²) in [6.07, 6.45) is 0.770. The number of nitrogens with two attached hydrogens (primary N) is 1. The second-order valence-corrected chi connectivity index (χ2v) is 3.64. The highest BCUT2D eigenvalue weighted by molar-refractivity contribution is 5.82. The number of fused-ring (bicyclic) bond motifs is 1. The molecule has 1 aromatic carbocycles. The Kier molecular flexibility index (Phi) is 3.01. The molecule has 0 saturated heterocycles. The maximum Gasteiger partial charge on any atom is 0.126 e. The van der Waals surface area contributed by atoms with Gasteiger partial charge in [-0.05, 0) is 25.6 Å². The third-order valence-electron chi connectivity index (χ3n) is 2.48. The standard InChI is InChI=1S/C12H15N3O/c1-8-14-11(5-6-13)10-4-3-9(16-2)7-12(10)15-8/h3-4,7H,5-6,13H2,1-2H3. The molecule has 0 aliphatic heterocycles. The van der Waals surface area contributed by atoms with Crippen molar-refractivity contribution in [3.63, 3.8) is 0 Å². The lowest BCUT2D eigenvalue weighted by Crippen LogP contribution is -2.06. The molecule has 0 unspecified atom stereocenters. The van der Waals surface area contributed by atoms with E-state index in [-0.39, 0.29) is 0 Å². The Labute approximate surface area is 94.5 Å². The number of aryl methyl sites for hydroxylation is 1. The lowest BCUT2D eigenvalue weighted by Gasteiger charge is -2.07. The van der Waals surface area contributed by atoms with Crippen molar-refractivity contribution >= 4 is 10.9 Å². The van der Waals surface area contributed by atoms with Gasteiger partial charge in [0.05, 0.1) is 18.3 Å². The highest BCUT2D eigenvalue weighted by Gasteiger charge is 2.06. The molecular weight excluding hydrogens is 202 g/mol. The summed E-state index contributed by atoms with van der Waals surface area (Å²) in [4.78, 5) is 8.81. The van der Waals surface area contributed by atoms with E-state index in [1.54, 1.807) is 7.11 Å². The van der Waals surface area contributed by atoms with E-state index in [1.807, 2.05) is 25.1 Å². The van der Waals surface area contributed by atoms with Crippen molar-refractivity contribution in [1.82, 2.24) is 9.97 Å². The van der Waals surface area contributed by atoms with Gasteiger partial charge in [-0.25, -0.2) is 9.97 Å². The average molecular weight is 217 g/mol. The van der Waals surface area contributed by atoms with E-state index < -0.39 is 0 Å². The number of benzene rings is 1. The Hall–Kier alpha value is -1.68. The molecule has 0 aliphatic carbocycles. The molecule has 0 spiro atoms. The Morgan fingerprint density at radius 3 is 2.81 bits per heavy atom. The van der Waals surface area contributed by atoms with E-state index in [2.05, 4.69) is 9.97 Å². The second-order valence-electron chi connectivity index (χ2n) is 3.64. The smallest absolute Gasteiger partial charge is 0.126 e. The summed E-state index contributed by atoms with van der Waals surface area (Å²) in [6.45, 7) is 2.48. The number of hydrogen-bond donors (Lipinski definition) is 1. The lowest BCUT2D eigenvalue weighted by molar-refractivity contribution is 0.415. The molecule has 2 rings (SSSR count). The van der Waals surface area contributed by atoms with Crippen LogP contribution in [0.25, 0.3) is 10.9 Å². The molecule has 4 heteroatoms. The number of nitrogens with zero attached hydrogens (tertiary/aromatic N) is 2. The first kappa shape index (κ1) is 10.8. The van der Waals surface area contributed by atoms with Crippen molar-refractivity contribution in [2.24, 2.45) is 5.73 Å². The molecule has 84 valence electrons. The molecule has 2 aromatic rings. The SMILES string of the molecule is COc1ccc2c(CCN)nc(C)nc2c1. The minimum atomic E-state index is 0.595. The molecule has 0 amide bonds. The molecule has 1 aromatic heterocycles. The highest BCUT2D eigenvalue weighted by Crippen LogP contribution is 2.21. The Balaban J connectivity index is 2.63. The normalized spacial score (nSPS) is 10.7. The van der Waals surface area contributed by atoms with Crippen molar-refractivity contribution in [2.45, 2.75) is 13.3 Å². The van der Waals surface area contributed by atoms with Crippen LogP contribution < -0.4 is 10.5 Å². The molecule has 0 aliphatic rings. The van der Waals surface area contributed by atoms with Crippen LogP contribution in [0, 0.1) is 6.92 Å². The van der Waals surface area contributed by atoms with Gasteiger partial charge < -0.3 is 10.5 Å². The zero-order chi connectivity index (χ0) is 11.5. The first-order valence-electron chi connectivity index (χ1n) is 5.26. The summed E-state index contributed by atoms with van der Waals surface area (Å²) >= 11 is 0. The fourth-order valence-electron chi connectivity index (χ4n) is 1.76. The summed E-state index contributed by atoms with van der Waals surface area (Å²) in [5, 5.41) is 1.05. The topological polar surface area (TPSA) is 61.0 Å². The Morgan fingerprint density at radius 2 is 2.12 bits per heavy atom. The maximum atomic E-state index is 5.57. The van der Waals surface area contributed by atoms with Crippen LogP contribution in [-0.2, 0) is 6.42 Å². The molecule has 0 saturated carbocycles. The van der Waals surface area contributed by atoms with Crippen LogP contribution in [0.15, 0.2) is 18.2 Å². The minimum Gasteiger partial charge on any atom is -0.497 e. The van der Waals surface area contributed by atoms with Crippen LogP contribution in [0.3, 0.4) is 0 Å². The second kappa shape index (κ2) is 4.45. The van der Waals surface area contributed by atoms with Crippen molar-refractivity contribution in [3.8, 4) is 5.75 Å². The summed E-state index contributed by atoms with van der Waals surface area (Å²) in [5.74, 6) is 1.58. The van der Waals surface area contributed by atoms with Gasteiger partial charge in [0, 0.05) is 17.9 Å². The van der Waals surface area contributed by atoms with Gasteiger partial charge in [0.25, 0.3) is 0 Å². The summed E-state index contributed by atoms with van der Waals surface area (Å²) in [7, 11) is 1.65. The maximum absolute atomic E-state index is 5.57. The highest BCUT2D eigenvalue weighted by atomic mass is 16.5. The number of hydrogen-bond acceptors (Lipinski definition) is 4. The van der Waals surface area contributed by atoms with E-state index in [1.165, 1.54) is 0 Å². The first-order valence-corrected chi connectivity index (χ1v) is 5.26. The van der Waals surface area contributed by atoms with Crippen molar-refractivity contribution in [3.05, 3.63) is 29.7 Å². The van der Waals surface area contributed by atoms with E-state index >= 15 is 0 Å². The van der Waals surface area contributed by atoms with Gasteiger partial charge in [-0.2, -0.15) is 0 Å². The molecular formula is C12H15N3O. The Bertz CT molecular complexity index is 511. The zero-order valence-electron chi connectivity index (χ0n) is 9.53. The van der Waals surface area contributed by atoms with Gasteiger partial charge in [-0.3, -0.25) is 0 Å². The molecule has 0 bridgehead atoms. The van der Waals surface area contributed by atoms with Crippen LogP contribution in [0.2, 0.25) is 0 Å². The molecule has 2 N–H and O–H groups in total. The van der Waals surface area contributed by atoms with E-state index in [9.17, 15) is 0 Å². The largest absolute Gasteiger partial charge is 0.497 e. The monoisotopic (exact) mass is 217 g/mol. The summed E-state index contributed by atoms with van der Waals surface area (Å²) < 4.78 is 5.18. The van der Waals surface area contributed by atoms with Crippen LogP contribution in [0.4, 0.5) is 0 Å². The van der Waals surface area contributed by atoms with E-state index in [0.717, 1.165) is 34.6 Å². The fraction of sp³-hybridized carbons (Fsp3) is 0.333. The molecule has 0 radical (unpaired) electrons. The lowest BCUT2D eigenvalue weighted by atomic mass is 10.1. The predicted molar refractivity (Wildman–Crippen MR) is 63.6 cm³/mol. The van der Waals surface area contributed by atoms with Crippen LogP contribution in [0.1, 0.15) is 11.5 Å². The van der Waals surface area contributed by atoms with Gasteiger partial charge in [0.2, 0.25) is 0 Å². The first-order chi connectivity index (χ1) is 7.74. The van der Waals surface area contributed by atoms with Crippen molar-refractivity contribution in [1.29, 1.82) is 0 Å². The zero-order valence-corrected chi connectivity index (χ0v) is 9.53. The number of ether oxygens (including phenoxy) is 1. The van der Waals surface area contributed by atoms with Crippen molar-refractivity contribution < 1.29 is 4.74 Å². The third-order valence-corrected chi connectivity index (χ3v) is 2.48.